The second-order valence-corrected chi connectivity index (χ2v) is 15.3. The van der Waals surface area contributed by atoms with Gasteiger partial charge in [0.15, 0.2) is 0 Å². The molecule has 5 heteroatoms. The van der Waals surface area contributed by atoms with Gasteiger partial charge in [-0.25, -0.2) is 0 Å². The van der Waals surface area contributed by atoms with Crippen LogP contribution in [0.5, 0.6) is 0 Å². The van der Waals surface area contributed by atoms with Gasteiger partial charge < -0.3 is 25.2 Å². The van der Waals surface area contributed by atoms with Crippen molar-refractivity contribution >= 4 is 0 Å². The topological polar surface area (TPSA) is 90.2 Å². The van der Waals surface area contributed by atoms with Crippen LogP contribution < -0.4 is 0 Å². The molecule has 0 amide bonds. The lowest BCUT2D eigenvalue weighted by Gasteiger charge is -2.76. The summed E-state index contributed by atoms with van der Waals surface area (Å²) in [4.78, 5) is 0. The highest BCUT2D eigenvalue weighted by Crippen LogP contribution is 2.77. The van der Waals surface area contributed by atoms with Crippen LogP contribution in [0.2, 0.25) is 0 Å². The van der Waals surface area contributed by atoms with Crippen LogP contribution in [0.25, 0.3) is 0 Å². The first-order valence-electron chi connectivity index (χ1n) is 14.2. The number of fused-ring (bicyclic) bond motifs is 7. The van der Waals surface area contributed by atoms with E-state index in [-0.39, 0.29) is 41.3 Å². The maximum absolute atomic E-state index is 12.9. The molecule has 5 nitrogen and oxygen atoms in total. The standard InChI is InChI=1S/C30H48O5/c1-24(2)12-13-27(16-31)21(14-24)30(34)11-7-20-26(5,29(30,17-32)15-22(27)33)9-6-19-25(3,4)23-8-10-28(19,20)18-35-23/h6,9,19-23,31-34H,7-8,10-18H2,1-5H3. The lowest BCUT2D eigenvalue weighted by Crippen LogP contribution is -2.78. The molecular formula is C30H48O5. The molecule has 0 aromatic rings. The summed E-state index contributed by atoms with van der Waals surface area (Å²) >= 11 is 0. The van der Waals surface area contributed by atoms with E-state index in [1.165, 1.54) is 0 Å². The number of aliphatic hydroxyl groups is 4. The third-order valence-corrected chi connectivity index (χ3v) is 13.5. The summed E-state index contributed by atoms with van der Waals surface area (Å²) in [7, 11) is 0. The Morgan fingerprint density at radius 3 is 2.26 bits per heavy atom. The molecule has 198 valence electrons. The molecule has 0 aromatic carbocycles. The highest BCUT2D eigenvalue weighted by Gasteiger charge is 2.78. The minimum absolute atomic E-state index is 0.00749. The molecule has 1 spiro atoms. The van der Waals surface area contributed by atoms with E-state index in [0.29, 0.717) is 24.9 Å². The minimum Gasteiger partial charge on any atom is -0.396 e. The summed E-state index contributed by atoms with van der Waals surface area (Å²) in [5.41, 5.74) is -3.04. The molecule has 7 aliphatic rings. The maximum Gasteiger partial charge on any atom is 0.0770 e. The highest BCUT2D eigenvalue weighted by molar-refractivity contribution is 5.33. The molecule has 10 atom stereocenters. The van der Waals surface area contributed by atoms with Gasteiger partial charge >= 0.3 is 0 Å². The van der Waals surface area contributed by atoms with Gasteiger partial charge in [0.2, 0.25) is 0 Å². The SMILES string of the molecule is CC1(C)CCC2(CO)C(O)CC3(CO)C4(C)C=CC5C(C)(C)C6CCC5(CO6)C4CCC3(O)C2C1. The monoisotopic (exact) mass is 488 g/mol. The van der Waals surface area contributed by atoms with Crippen molar-refractivity contribution in [1.29, 1.82) is 0 Å². The zero-order valence-corrected chi connectivity index (χ0v) is 22.5. The normalized spacial score (nSPS) is 57.6. The summed E-state index contributed by atoms with van der Waals surface area (Å²) < 4.78 is 6.50. The van der Waals surface area contributed by atoms with Crippen molar-refractivity contribution in [2.45, 2.75) is 104 Å². The molecule has 7 rings (SSSR count). The van der Waals surface area contributed by atoms with Crippen LogP contribution in [0.4, 0.5) is 0 Å². The van der Waals surface area contributed by atoms with Crippen LogP contribution in [-0.4, -0.2) is 58.1 Å². The summed E-state index contributed by atoms with van der Waals surface area (Å²) in [5.74, 6) is 0.473. The molecule has 10 unspecified atom stereocenters. The summed E-state index contributed by atoms with van der Waals surface area (Å²) in [5, 5.41) is 46.7. The van der Waals surface area contributed by atoms with Gasteiger partial charge in [0.05, 0.1) is 37.6 Å². The van der Waals surface area contributed by atoms with Gasteiger partial charge in [-0.2, -0.15) is 0 Å². The maximum atomic E-state index is 12.9. The van der Waals surface area contributed by atoms with E-state index >= 15 is 0 Å². The fourth-order valence-corrected chi connectivity index (χ4v) is 11.4. The van der Waals surface area contributed by atoms with Crippen LogP contribution in [-0.2, 0) is 4.74 Å². The molecule has 5 aliphatic carbocycles. The highest BCUT2D eigenvalue weighted by atomic mass is 16.5. The van der Waals surface area contributed by atoms with E-state index in [1.807, 2.05) is 0 Å². The van der Waals surface area contributed by atoms with Crippen molar-refractivity contribution < 1.29 is 25.2 Å². The summed E-state index contributed by atoms with van der Waals surface area (Å²) in [6.45, 7) is 12.0. The van der Waals surface area contributed by atoms with E-state index < -0.39 is 27.9 Å². The Morgan fingerprint density at radius 1 is 0.886 bits per heavy atom. The Bertz CT molecular complexity index is 918. The zero-order valence-electron chi connectivity index (χ0n) is 22.5. The Labute approximate surface area is 211 Å². The molecular weight excluding hydrogens is 440 g/mol. The largest absolute Gasteiger partial charge is 0.396 e. The zero-order chi connectivity index (χ0) is 25.3. The van der Waals surface area contributed by atoms with E-state index in [1.54, 1.807) is 0 Å². The van der Waals surface area contributed by atoms with Crippen LogP contribution in [0, 0.1) is 50.2 Å². The van der Waals surface area contributed by atoms with Gasteiger partial charge in [-0.3, -0.25) is 0 Å². The fourth-order valence-electron chi connectivity index (χ4n) is 11.4. The van der Waals surface area contributed by atoms with Crippen molar-refractivity contribution in [2.75, 3.05) is 19.8 Å². The van der Waals surface area contributed by atoms with Gasteiger partial charge in [-0.1, -0.05) is 46.8 Å². The Hall–Kier alpha value is -0.460. The second-order valence-electron chi connectivity index (χ2n) is 15.3. The van der Waals surface area contributed by atoms with E-state index in [0.717, 1.165) is 45.1 Å². The molecule has 4 N–H and O–H groups in total. The average Bonchev–Trinajstić information content (AvgIpc) is 2.80. The number of hydrogen-bond acceptors (Lipinski definition) is 5. The van der Waals surface area contributed by atoms with E-state index in [4.69, 9.17) is 4.74 Å². The molecule has 0 radical (unpaired) electrons. The molecule has 0 aromatic heterocycles. The molecule has 4 saturated carbocycles. The van der Waals surface area contributed by atoms with Crippen LogP contribution in [0.15, 0.2) is 12.2 Å². The molecule has 2 saturated heterocycles. The van der Waals surface area contributed by atoms with E-state index in [9.17, 15) is 20.4 Å². The van der Waals surface area contributed by atoms with Gasteiger partial charge in [0.25, 0.3) is 0 Å². The number of aliphatic hydroxyl groups excluding tert-OH is 3. The Morgan fingerprint density at radius 2 is 1.63 bits per heavy atom. The summed E-state index contributed by atoms with van der Waals surface area (Å²) in [6, 6.07) is 0. The Kier molecular flexibility index (Phi) is 5.07. The molecule has 2 heterocycles. The van der Waals surface area contributed by atoms with Crippen LogP contribution in [0.3, 0.4) is 0 Å². The summed E-state index contributed by atoms with van der Waals surface area (Å²) in [6.07, 6.45) is 10.8. The predicted octanol–water partition coefficient (Wildman–Crippen LogP) is 4.07. The van der Waals surface area contributed by atoms with Crippen molar-refractivity contribution in [3.8, 4) is 0 Å². The Balaban J connectivity index is 1.53. The molecule has 35 heavy (non-hydrogen) atoms. The first-order valence-corrected chi connectivity index (χ1v) is 14.2. The number of allylic oxidation sites excluding steroid dienone is 2. The van der Waals surface area contributed by atoms with Gasteiger partial charge in [-0.05, 0) is 85.4 Å². The predicted molar refractivity (Wildman–Crippen MR) is 134 cm³/mol. The first-order chi connectivity index (χ1) is 16.3. The van der Waals surface area contributed by atoms with Crippen molar-refractivity contribution in [3.63, 3.8) is 0 Å². The smallest absolute Gasteiger partial charge is 0.0770 e. The average molecular weight is 489 g/mol. The van der Waals surface area contributed by atoms with Gasteiger partial charge in [0, 0.05) is 16.2 Å². The third-order valence-electron chi connectivity index (χ3n) is 13.5. The molecule has 2 bridgehead atoms. The number of hydrogen-bond donors (Lipinski definition) is 4. The fraction of sp³-hybridized carbons (Fsp3) is 0.933. The molecule has 2 aliphatic heterocycles. The van der Waals surface area contributed by atoms with Crippen molar-refractivity contribution in [1.82, 2.24) is 0 Å². The second kappa shape index (κ2) is 7.14. The van der Waals surface area contributed by atoms with Crippen LogP contribution >= 0.6 is 0 Å². The van der Waals surface area contributed by atoms with Crippen LogP contribution in [0.1, 0.15) is 86.0 Å². The lowest BCUT2D eigenvalue weighted by molar-refractivity contribution is -0.342. The van der Waals surface area contributed by atoms with Gasteiger partial charge in [-0.15, -0.1) is 0 Å². The quantitative estimate of drug-likeness (QED) is 0.440. The third kappa shape index (κ3) is 2.63. The van der Waals surface area contributed by atoms with Crippen molar-refractivity contribution in [2.24, 2.45) is 50.2 Å². The van der Waals surface area contributed by atoms with Gasteiger partial charge in [0.1, 0.15) is 0 Å². The number of ether oxygens (including phenoxy) is 1. The lowest BCUT2D eigenvalue weighted by atomic mass is 9.30. The van der Waals surface area contributed by atoms with Crippen molar-refractivity contribution in [3.05, 3.63) is 12.2 Å². The van der Waals surface area contributed by atoms with E-state index in [2.05, 4.69) is 46.8 Å². The number of rotatable bonds is 2. The molecule has 6 fully saturated rings. The first kappa shape index (κ1) is 24.9. The minimum atomic E-state index is -1.14.